The first-order valence-electron chi connectivity index (χ1n) is 4.18. The van der Waals surface area contributed by atoms with Crippen LogP contribution in [-0.2, 0) is 6.54 Å². The summed E-state index contributed by atoms with van der Waals surface area (Å²) in [5.74, 6) is 0.701. The first kappa shape index (κ1) is 8.62. The van der Waals surface area contributed by atoms with Crippen LogP contribution in [0.25, 0.3) is 0 Å². The second kappa shape index (κ2) is 3.41. The second-order valence-electron chi connectivity index (χ2n) is 2.92. The van der Waals surface area contributed by atoms with E-state index in [4.69, 9.17) is 9.84 Å². The van der Waals surface area contributed by atoms with Gasteiger partial charge in [-0.3, -0.25) is 4.90 Å². The topological polar surface area (TPSA) is 49.8 Å². The predicted octanol–water partition coefficient (Wildman–Crippen LogP) is 2.03. The average molecular weight is 191 g/mol. The molecule has 0 saturated heterocycles. The summed E-state index contributed by atoms with van der Waals surface area (Å²) < 4.78 is 5.24. The van der Waals surface area contributed by atoms with Gasteiger partial charge in [-0.1, -0.05) is 18.2 Å². The van der Waals surface area contributed by atoms with Gasteiger partial charge in [-0.2, -0.15) is 0 Å². The molecule has 0 spiro atoms. The summed E-state index contributed by atoms with van der Waals surface area (Å²) in [4.78, 5) is 11.9. The molecular weight excluding hydrogens is 182 g/mol. The van der Waals surface area contributed by atoms with Crippen LogP contribution in [0.15, 0.2) is 36.7 Å². The van der Waals surface area contributed by atoms with Crippen LogP contribution in [0.3, 0.4) is 0 Å². The number of amides is 1. The third-order valence-electron chi connectivity index (χ3n) is 1.99. The number of carboxylic acid groups (broad SMARTS) is 1. The van der Waals surface area contributed by atoms with Gasteiger partial charge in [0.25, 0.3) is 0 Å². The van der Waals surface area contributed by atoms with E-state index in [2.05, 4.69) is 0 Å². The van der Waals surface area contributed by atoms with Crippen LogP contribution in [0.1, 0.15) is 5.56 Å². The number of hydrogen-bond donors (Lipinski definition) is 1. The molecular formula is C10H9NO3. The van der Waals surface area contributed by atoms with Gasteiger partial charge in [-0.05, 0) is 6.07 Å². The number of para-hydroxylation sites is 1. The van der Waals surface area contributed by atoms with Crippen LogP contribution < -0.4 is 4.74 Å². The zero-order valence-corrected chi connectivity index (χ0v) is 7.38. The second-order valence-corrected chi connectivity index (χ2v) is 2.92. The normalized spacial score (nSPS) is 14.1. The Balaban J connectivity index is 2.33. The van der Waals surface area contributed by atoms with Crippen molar-refractivity contribution in [2.24, 2.45) is 0 Å². The monoisotopic (exact) mass is 191 g/mol. The van der Waals surface area contributed by atoms with Gasteiger partial charge in [0.15, 0.2) is 0 Å². The molecule has 0 atom stereocenters. The van der Waals surface area contributed by atoms with Crippen molar-refractivity contribution in [3.63, 3.8) is 0 Å². The van der Waals surface area contributed by atoms with Gasteiger partial charge in [-0.15, -0.1) is 0 Å². The minimum absolute atomic E-state index is 0.321. The molecule has 1 amide bonds. The molecule has 1 heterocycles. The van der Waals surface area contributed by atoms with Gasteiger partial charge in [0.05, 0.1) is 6.54 Å². The fourth-order valence-corrected chi connectivity index (χ4v) is 1.29. The van der Waals surface area contributed by atoms with Crippen molar-refractivity contribution in [1.29, 1.82) is 0 Å². The molecule has 1 aromatic carbocycles. The number of carbonyl (C=O) groups is 1. The maximum Gasteiger partial charge on any atom is 0.411 e. The van der Waals surface area contributed by atoms with Crippen LogP contribution in [-0.4, -0.2) is 16.1 Å². The lowest BCUT2D eigenvalue weighted by Gasteiger charge is -2.11. The summed E-state index contributed by atoms with van der Waals surface area (Å²) >= 11 is 0. The van der Waals surface area contributed by atoms with E-state index >= 15 is 0 Å². The van der Waals surface area contributed by atoms with Crippen molar-refractivity contribution in [2.45, 2.75) is 6.54 Å². The number of ether oxygens (including phenoxy) is 1. The van der Waals surface area contributed by atoms with Crippen molar-refractivity contribution in [3.8, 4) is 5.75 Å². The van der Waals surface area contributed by atoms with Gasteiger partial charge in [0.1, 0.15) is 12.0 Å². The Morgan fingerprint density at radius 3 is 3.00 bits per heavy atom. The molecule has 0 radical (unpaired) electrons. The molecule has 1 aromatic rings. The number of rotatable bonds is 0. The molecule has 0 aromatic heterocycles. The van der Waals surface area contributed by atoms with Gasteiger partial charge in [0.2, 0.25) is 0 Å². The van der Waals surface area contributed by atoms with Crippen molar-refractivity contribution < 1.29 is 14.6 Å². The molecule has 72 valence electrons. The summed E-state index contributed by atoms with van der Waals surface area (Å²) in [6.45, 7) is 0.321. The largest absolute Gasteiger partial charge is 0.465 e. The quantitative estimate of drug-likeness (QED) is 0.682. The van der Waals surface area contributed by atoms with Crippen molar-refractivity contribution in [2.75, 3.05) is 0 Å². The highest BCUT2D eigenvalue weighted by Crippen LogP contribution is 2.22. The molecule has 0 saturated carbocycles. The Morgan fingerprint density at radius 2 is 2.21 bits per heavy atom. The molecule has 0 unspecified atom stereocenters. The number of benzene rings is 1. The fraction of sp³-hybridized carbons (Fsp3) is 0.100. The van der Waals surface area contributed by atoms with Crippen molar-refractivity contribution in [1.82, 2.24) is 4.90 Å². The van der Waals surface area contributed by atoms with E-state index in [9.17, 15) is 4.79 Å². The summed E-state index contributed by atoms with van der Waals surface area (Å²) in [5.41, 5.74) is 0.861. The summed E-state index contributed by atoms with van der Waals surface area (Å²) in [6, 6.07) is 7.36. The van der Waals surface area contributed by atoms with E-state index < -0.39 is 6.09 Å². The number of nitrogens with zero attached hydrogens (tertiary/aromatic N) is 1. The summed E-state index contributed by atoms with van der Waals surface area (Å²) in [6.07, 6.45) is 1.80. The molecule has 0 bridgehead atoms. The Bertz CT molecular complexity index is 387. The lowest BCUT2D eigenvalue weighted by molar-refractivity contribution is 0.161. The Kier molecular flexibility index (Phi) is 2.10. The van der Waals surface area contributed by atoms with Gasteiger partial charge >= 0.3 is 6.09 Å². The molecule has 1 aliphatic rings. The van der Waals surface area contributed by atoms with E-state index in [1.807, 2.05) is 24.3 Å². The third kappa shape index (κ3) is 1.54. The van der Waals surface area contributed by atoms with Crippen molar-refractivity contribution >= 4 is 6.09 Å². The van der Waals surface area contributed by atoms with E-state index in [0.29, 0.717) is 12.3 Å². The highest BCUT2D eigenvalue weighted by atomic mass is 16.5. The third-order valence-corrected chi connectivity index (χ3v) is 1.99. The predicted molar refractivity (Wildman–Crippen MR) is 49.8 cm³/mol. The smallest absolute Gasteiger partial charge is 0.411 e. The highest BCUT2D eigenvalue weighted by molar-refractivity contribution is 5.66. The van der Waals surface area contributed by atoms with Gasteiger partial charge < -0.3 is 9.84 Å². The van der Waals surface area contributed by atoms with Crippen LogP contribution in [0, 0.1) is 0 Å². The number of fused-ring (bicyclic) bond motifs is 1. The minimum atomic E-state index is -0.985. The molecule has 2 rings (SSSR count). The molecule has 1 N–H and O–H groups in total. The average Bonchev–Trinajstić information content (AvgIpc) is 2.39. The van der Waals surface area contributed by atoms with Crippen LogP contribution in [0.2, 0.25) is 0 Å². The highest BCUT2D eigenvalue weighted by Gasteiger charge is 2.14. The Hall–Kier alpha value is -1.97. The van der Waals surface area contributed by atoms with Crippen LogP contribution in [0.4, 0.5) is 4.79 Å². The maximum absolute atomic E-state index is 10.7. The van der Waals surface area contributed by atoms with Crippen molar-refractivity contribution in [3.05, 3.63) is 42.3 Å². The molecule has 0 aliphatic carbocycles. The number of hydrogen-bond acceptors (Lipinski definition) is 2. The Labute approximate surface area is 81.0 Å². The van der Waals surface area contributed by atoms with E-state index in [-0.39, 0.29) is 0 Å². The molecule has 4 nitrogen and oxygen atoms in total. The minimum Gasteiger partial charge on any atom is -0.465 e. The van der Waals surface area contributed by atoms with Crippen LogP contribution >= 0.6 is 0 Å². The van der Waals surface area contributed by atoms with Gasteiger partial charge in [-0.25, -0.2) is 4.79 Å². The molecule has 0 fully saturated rings. The standard InChI is InChI=1S/C10H9NO3/c12-10(13)11-5-6-14-9-4-2-1-3-8(9)7-11/h1-6H,7H2,(H,12,13). The van der Waals surface area contributed by atoms with Crippen LogP contribution in [0.5, 0.6) is 5.75 Å². The molecule has 1 aliphatic heterocycles. The lowest BCUT2D eigenvalue weighted by Crippen LogP contribution is -2.22. The molecule has 14 heavy (non-hydrogen) atoms. The molecule has 4 heteroatoms. The maximum atomic E-state index is 10.7. The first-order chi connectivity index (χ1) is 6.77. The first-order valence-corrected chi connectivity index (χ1v) is 4.18. The van der Waals surface area contributed by atoms with E-state index in [1.54, 1.807) is 0 Å². The summed E-state index contributed by atoms with van der Waals surface area (Å²) in [7, 11) is 0. The zero-order chi connectivity index (χ0) is 9.97. The van der Waals surface area contributed by atoms with E-state index in [0.717, 1.165) is 5.56 Å². The lowest BCUT2D eigenvalue weighted by atomic mass is 10.2. The summed E-state index contributed by atoms with van der Waals surface area (Å²) in [5, 5.41) is 8.81. The van der Waals surface area contributed by atoms with E-state index in [1.165, 1.54) is 17.4 Å². The zero-order valence-electron chi connectivity index (χ0n) is 7.38. The Morgan fingerprint density at radius 1 is 1.43 bits per heavy atom. The van der Waals surface area contributed by atoms with Gasteiger partial charge in [0, 0.05) is 11.8 Å². The SMILES string of the molecule is O=C(O)N1C=COc2ccccc2C1. The fourth-order valence-electron chi connectivity index (χ4n) is 1.29.